The van der Waals surface area contributed by atoms with Gasteiger partial charge in [-0.25, -0.2) is 4.98 Å². The Balaban J connectivity index is 1.83. The van der Waals surface area contributed by atoms with Gasteiger partial charge in [0.2, 0.25) is 5.91 Å². The minimum absolute atomic E-state index is 0.102. The molecule has 2 heterocycles. The van der Waals surface area contributed by atoms with E-state index in [2.05, 4.69) is 10.3 Å². The number of nitrogens with zero attached hydrogens (tertiary/aromatic N) is 1. The lowest BCUT2D eigenvalue weighted by Crippen LogP contribution is -2.27. The summed E-state index contributed by atoms with van der Waals surface area (Å²) >= 11 is 0. The van der Waals surface area contributed by atoms with E-state index in [9.17, 15) is 4.79 Å². The molecule has 1 amide bonds. The molecule has 3 rings (SSSR count). The lowest BCUT2D eigenvalue weighted by Gasteiger charge is -2.20. The Morgan fingerprint density at radius 1 is 1.56 bits per heavy atom. The quantitative estimate of drug-likeness (QED) is 0.692. The van der Waals surface area contributed by atoms with E-state index < -0.39 is 5.91 Å². The number of nitrogen functional groups attached to an aromatic ring is 1. The highest BCUT2D eigenvalue weighted by Crippen LogP contribution is 2.51. The van der Waals surface area contributed by atoms with Crippen LogP contribution >= 0.6 is 0 Å². The summed E-state index contributed by atoms with van der Waals surface area (Å²) in [5.74, 6) is 0.215. The van der Waals surface area contributed by atoms with Crippen LogP contribution in [0.15, 0.2) is 12.3 Å². The zero-order valence-electron chi connectivity index (χ0n) is 9.98. The monoisotopic (exact) mass is 248 g/mol. The van der Waals surface area contributed by atoms with Crippen LogP contribution in [0, 0.1) is 5.41 Å². The van der Waals surface area contributed by atoms with Gasteiger partial charge in [-0.15, -0.1) is 0 Å². The van der Waals surface area contributed by atoms with Crippen LogP contribution in [-0.4, -0.2) is 30.1 Å². The number of nitrogens with one attached hydrogen (secondary N) is 1. The third kappa shape index (κ3) is 1.78. The van der Waals surface area contributed by atoms with Gasteiger partial charge in [0.15, 0.2) is 11.6 Å². The molecule has 0 radical (unpaired) electrons. The van der Waals surface area contributed by atoms with Gasteiger partial charge in [0.25, 0.3) is 0 Å². The van der Waals surface area contributed by atoms with E-state index in [-0.39, 0.29) is 11.5 Å². The maximum atomic E-state index is 11.1. The number of hydrogen-bond acceptors (Lipinski definition) is 5. The van der Waals surface area contributed by atoms with Crippen LogP contribution in [0.3, 0.4) is 0 Å². The Hall–Kier alpha value is -1.82. The predicted octanol–water partition coefficient (Wildman–Crippen LogP) is -0.107. The molecule has 1 aromatic heterocycles. The Morgan fingerprint density at radius 2 is 2.33 bits per heavy atom. The number of nitrogens with two attached hydrogens (primary N) is 2. The van der Waals surface area contributed by atoms with E-state index in [4.69, 9.17) is 16.2 Å². The molecule has 96 valence electrons. The second-order valence-corrected chi connectivity index (χ2v) is 5.07. The van der Waals surface area contributed by atoms with Gasteiger partial charge in [-0.1, -0.05) is 0 Å². The van der Waals surface area contributed by atoms with Crippen LogP contribution in [0.4, 0.5) is 5.82 Å². The van der Waals surface area contributed by atoms with Crippen molar-refractivity contribution >= 4 is 11.7 Å². The van der Waals surface area contributed by atoms with E-state index in [1.807, 2.05) is 0 Å². The van der Waals surface area contributed by atoms with Crippen molar-refractivity contribution in [1.82, 2.24) is 10.3 Å². The number of pyridine rings is 1. The van der Waals surface area contributed by atoms with Crippen molar-refractivity contribution in [3.8, 4) is 5.75 Å². The van der Waals surface area contributed by atoms with Gasteiger partial charge in [0.05, 0.1) is 5.56 Å². The third-order valence-corrected chi connectivity index (χ3v) is 3.82. The minimum Gasteiger partial charge on any atom is -0.485 e. The number of amides is 1. The van der Waals surface area contributed by atoms with Crippen LogP contribution < -0.4 is 21.5 Å². The summed E-state index contributed by atoms with van der Waals surface area (Å²) in [6.07, 6.45) is 3.82. The molecule has 1 aliphatic carbocycles. The van der Waals surface area contributed by atoms with Crippen LogP contribution in [-0.2, 0) is 0 Å². The summed E-state index contributed by atoms with van der Waals surface area (Å²) in [5, 5.41) is 3.32. The van der Waals surface area contributed by atoms with E-state index in [1.165, 1.54) is 19.0 Å². The number of carbonyl (C=O) groups excluding carboxylic acids is 1. The molecule has 6 nitrogen and oxygen atoms in total. The Morgan fingerprint density at radius 3 is 3.00 bits per heavy atom. The molecule has 2 aliphatic rings. The van der Waals surface area contributed by atoms with Crippen LogP contribution in [0.5, 0.6) is 5.75 Å². The highest BCUT2D eigenvalue weighted by molar-refractivity contribution is 5.93. The van der Waals surface area contributed by atoms with Crippen molar-refractivity contribution in [2.24, 2.45) is 11.1 Å². The largest absolute Gasteiger partial charge is 0.485 e. The first-order chi connectivity index (χ1) is 8.61. The fourth-order valence-corrected chi connectivity index (χ4v) is 2.45. The van der Waals surface area contributed by atoms with Crippen LogP contribution in [0.2, 0.25) is 0 Å². The first-order valence-corrected chi connectivity index (χ1v) is 6.03. The number of aromatic nitrogens is 1. The summed E-state index contributed by atoms with van der Waals surface area (Å²) in [4.78, 5) is 15.1. The molecule has 1 unspecified atom stereocenters. The maximum absolute atomic E-state index is 11.1. The molecule has 1 aromatic rings. The lowest BCUT2D eigenvalue weighted by atomic mass is 10.0. The van der Waals surface area contributed by atoms with E-state index in [0.29, 0.717) is 17.1 Å². The summed E-state index contributed by atoms with van der Waals surface area (Å²) < 4.78 is 5.92. The van der Waals surface area contributed by atoms with E-state index in [1.54, 1.807) is 6.07 Å². The molecular weight excluding hydrogens is 232 g/mol. The number of carbonyl (C=O) groups is 1. The number of rotatable bonds is 3. The van der Waals surface area contributed by atoms with E-state index in [0.717, 1.165) is 13.1 Å². The second kappa shape index (κ2) is 3.84. The fourth-order valence-electron chi connectivity index (χ4n) is 2.45. The van der Waals surface area contributed by atoms with Crippen molar-refractivity contribution in [1.29, 1.82) is 0 Å². The number of primary amides is 1. The minimum atomic E-state index is -0.530. The number of hydrogen-bond donors (Lipinski definition) is 3. The summed E-state index contributed by atoms with van der Waals surface area (Å²) in [6.45, 7) is 1.79. The Bertz CT molecular complexity index is 499. The normalized spacial score (nSPS) is 24.1. The Labute approximate surface area is 105 Å². The van der Waals surface area contributed by atoms with Crippen molar-refractivity contribution in [3.63, 3.8) is 0 Å². The van der Waals surface area contributed by atoms with Crippen LogP contribution in [0.25, 0.3) is 0 Å². The topological polar surface area (TPSA) is 103 Å². The molecule has 1 aliphatic heterocycles. The van der Waals surface area contributed by atoms with Gasteiger partial charge < -0.3 is 21.5 Å². The van der Waals surface area contributed by atoms with Crippen molar-refractivity contribution in [2.75, 3.05) is 18.8 Å². The molecule has 2 fully saturated rings. The van der Waals surface area contributed by atoms with Crippen molar-refractivity contribution in [2.45, 2.75) is 18.9 Å². The molecule has 6 heteroatoms. The van der Waals surface area contributed by atoms with E-state index >= 15 is 0 Å². The highest BCUT2D eigenvalue weighted by Gasteiger charge is 2.54. The molecule has 5 N–H and O–H groups in total. The van der Waals surface area contributed by atoms with Crippen molar-refractivity contribution < 1.29 is 9.53 Å². The first-order valence-electron chi connectivity index (χ1n) is 6.03. The molecule has 1 atom stereocenters. The van der Waals surface area contributed by atoms with Crippen LogP contribution in [0.1, 0.15) is 23.2 Å². The maximum Gasteiger partial charge on any atom is 0.250 e. The predicted molar refractivity (Wildman–Crippen MR) is 66.1 cm³/mol. The fraction of sp³-hybridized carbons (Fsp3) is 0.500. The SMILES string of the molecule is NC(=O)c1cnc(N)c(OC2CNCC23CC3)c1. The second-order valence-electron chi connectivity index (χ2n) is 5.07. The van der Waals surface area contributed by atoms with Gasteiger partial charge in [-0.2, -0.15) is 0 Å². The molecule has 1 saturated carbocycles. The molecule has 18 heavy (non-hydrogen) atoms. The zero-order valence-corrected chi connectivity index (χ0v) is 9.98. The third-order valence-electron chi connectivity index (χ3n) is 3.82. The molecule has 0 aromatic carbocycles. The van der Waals surface area contributed by atoms with Gasteiger partial charge in [0, 0.05) is 24.7 Å². The first kappa shape index (κ1) is 11.3. The van der Waals surface area contributed by atoms with Gasteiger partial charge in [-0.05, 0) is 18.9 Å². The zero-order chi connectivity index (χ0) is 12.8. The smallest absolute Gasteiger partial charge is 0.250 e. The number of anilines is 1. The average Bonchev–Trinajstić information content (AvgIpc) is 3.00. The molecule has 0 bridgehead atoms. The standard InChI is InChI=1S/C12H16N4O2/c13-10-8(3-7(4-16-10)11(14)17)18-9-5-15-6-12(9)1-2-12/h3-4,9,15H,1-2,5-6H2,(H2,13,16)(H2,14,17). The molecular formula is C12H16N4O2. The average molecular weight is 248 g/mol. The summed E-state index contributed by atoms with van der Waals surface area (Å²) in [7, 11) is 0. The number of ether oxygens (including phenoxy) is 1. The lowest BCUT2D eigenvalue weighted by molar-refractivity contribution is 0.0998. The van der Waals surface area contributed by atoms with Gasteiger partial charge in [0.1, 0.15) is 6.10 Å². The molecule has 1 spiro atoms. The molecule has 1 saturated heterocycles. The summed E-state index contributed by atoms with van der Waals surface area (Å²) in [6, 6.07) is 1.57. The van der Waals surface area contributed by atoms with Crippen molar-refractivity contribution in [3.05, 3.63) is 17.8 Å². The summed E-state index contributed by atoms with van der Waals surface area (Å²) in [5.41, 5.74) is 11.6. The Kier molecular flexibility index (Phi) is 2.41. The highest BCUT2D eigenvalue weighted by atomic mass is 16.5. The van der Waals surface area contributed by atoms with Gasteiger partial charge >= 0.3 is 0 Å². The van der Waals surface area contributed by atoms with Gasteiger partial charge in [-0.3, -0.25) is 4.79 Å².